The second-order valence-electron chi connectivity index (χ2n) is 11.1. The number of imidazole rings is 3. The molecule has 6 aromatic carbocycles. The van der Waals surface area contributed by atoms with E-state index in [0.717, 1.165) is 78.6 Å². The van der Waals surface area contributed by atoms with Gasteiger partial charge in [0.05, 0.1) is 33.1 Å². The van der Waals surface area contributed by atoms with E-state index in [1.165, 1.54) is 0 Å². The van der Waals surface area contributed by atoms with Crippen LogP contribution >= 0.6 is 0 Å². The summed E-state index contributed by atoms with van der Waals surface area (Å²) >= 11 is 0. The smallest absolute Gasteiger partial charge is 0.145 e. The molecule has 45 heavy (non-hydrogen) atoms. The van der Waals surface area contributed by atoms with Crippen LogP contribution in [0.15, 0.2) is 152 Å². The van der Waals surface area contributed by atoms with Crippen LogP contribution in [0.5, 0.6) is 0 Å². The molecule has 0 aliphatic heterocycles. The summed E-state index contributed by atoms with van der Waals surface area (Å²) in [5, 5.41) is 0. The van der Waals surface area contributed by atoms with E-state index in [1.54, 1.807) is 0 Å². The van der Waals surface area contributed by atoms with Crippen LogP contribution in [-0.4, -0.2) is 29.1 Å². The van der Waals surface area contributed by atoms with Crippen molar-refractivity contribution in [2.24, 2.45) is 0 Å². The van der Waals surface area contributed by atoms with Gasteiger partial charge >= 0.3 is 0 Å². The largest absolute Gasteiger partial charge is 0.338 e. The zero-order valence-electron chi connectivity index (χ0n) is 24.2. The van der Waals surface area contributed by atoms with Crippen molar-refractivity contribution in [1.82, 2.24) is 29.1 Å². The van der Waals surface area contributed by atoms with Gasteiger partial charge in [0.1, 0.15) is 17.5 Å². The van der Waals surface area contributed by atoms with Crippen molar-refractivity contribution < 1.29 is 0 Å². The van der Waals surface area contributed by atoms with Crippen LogP contribution < -0.4 is 0 Å². The molecule has 0 bridgehead atoms. The lowest BCUT2D eigenvalue weighted by atomic mass is 10.0. The number of rotatable bonds is 5. The fourth-order valence-electron chi connectivity index (χ4n) is 6.23. The van der Waals surface area contributed by atoms with Crippen molar-refractivity contribution in [3.05, 3.63) is 152 Å². The number of nitrogens with zero attached hydrogens (tertiary/aromatic N) is 5. The van der Waals surface area contributed by atoms with E-state index in [4.69, 9.17) is 15.0 Å². The number of aromatic amines is 1. The normalized spacial score (nSPS) is 11.6. The highest BCUT2D eigenvalue weighted by Gasteiger charge is 2.20. The Labute approximate surface area is 258 Å². The van der Waals surface area contributed by atoms with Crippen LogP contribution in [-0.2, 0) is 0 Å². The molecule has 0 fully saturated rings. The van der Waals surface area contributed by atoms with Gasteiger partial charge < -0.3 is 4.98 Å². The second-order valence-corrected chi connectivity index (χ2v) is 11.1. The standard InChI is InChI=1S/C39H26N6/c1-3-13-29(14-4-1)44-35-21-11-9-19-33(35)42-38(44)27-23-26(37-40-31-17-7-8-18-32(31)41-37)24-28(25-27)39-43-34-20-10-12-22-36(34)45(39)30-15-5-2-6-16-30/h1-25H,(H,40,41). The fraction of sp³-hybridized carbons (Fsp3) is 0. The van der Waals surface area contributed by atoms with Crippen molar-refractivity contribution in [3.63, 3.8) is 0 Å². The summed E-state index contributed by atoms with van der Waals surface area (Å²) in [5.74, 6) is 2.50. The average molecular weight is 579 g/mol. The molecule has 0 aliphatic carbocycles. The van der Waals surface area contributed by atoms with Gasteiger partial charge in [0.2, 0.25) is 0 Å². The van der Waals surface area contributed by atoms with Crippen LogP contribution in [0.25, 0.3) is 78.6 Å². The van der Waals surface area contributed by atoms with Crippen LogP contribution in [0.2, 0.25) is 0 Å². The highest BCUT2D eigenvalue weighted by molar-refractivity contribution is 5.89. The molecule has 0 saturated carbocycles. The van der Waals surface area contributed by atoms with Gasteiger partial charge in [-0.3, -0.25) is 9.13 Å². The monoisotopic (exact) mass is 578 g/mol. The van der Waals surface area contributed by atoms with E-state index in [1.807, 2.05) is 42.5 Å². The molecular weight excluding hydrogens is 552 g/mol. The number of H-pyrrole nitrogens is 1. The molecule has 0 radical (unpaired) electrons. The van der Waals surface area contributed by atoms with Crippen molar-refractivity contribution >= 4 is 33.1 Å². The Morgan fingerprint density at radius 2 is 0.844 bits per heavy atom. The number of benzene rings is 6. The molecule has 3 heterocycles. The Morgan fingerprint density at radius 1 is 0.400 bits per heavy atom. The minimum Gasteiger partial charge on any atom is -0.338 e. The summed E-state index contributed by atoms with van der Waals surface area (Å²) in [6.45, 7) is 0. The van der Waals surface area contributed by atoms with E-state index in [-0.39, 0.29) is 0 Å². The first-order valence-corrected chi connectivity index (χ1v) is 15.0. The predicted molar refractivity (Wildman–Crippen MR) is 182 cm³/mol. The summed E-state index contributed by atoms with van der Waals surface area (Å²) in [7, 11) is 0. The van der Waals surface area contributed by atoms with Gasteiger partial charge in [-0.05, 0) is 78.9 Å². The maximum atomic E-state index is 5.20. The number of fused-ring (bicyclic) bond motifs is 3. The maximum Gasteiger partial charge on any atom is 0.145 e. The summed E-state index contributed by atoms with van der Waals surface area (Å²) in [6, 6.07) is 52.1. The van der Waals surface area contributed by atoms with Crippen molar-refractivity contribution in [2.45, 2.75) is 0 Å². The lowest BCUT2D eigenvalue weighted by molar-refractivity contribution is 1.09. The second kappa shape index (κ2) is 10.2. The first-order valence-electron chi connectivity index (χ1n) is 15.0. The zero-order chi connectivity index (χ0) is 29.7. The number of hydrogen-bond donors (Lipinski definition) is 1. The molecular formula is C39H26N6. The van der Waals surface area contributed by atoms with E-state index < -0.39 is 0 Å². The molecule has 0 amide bonds. The minimum atomic E-state index is 0.795. The van der Waals surface area contributed by atoms with E-state index in [0.29, 0.717) is 0 Å². The van der Waals surface area contributed by atoms with Crippen LogP contribution in [0.4, 0.5) is 0 Å². The number of nitrogens with one attached hydrogen (secondary N) is 1. The summed E-state index contributed by atoms with van der Waals surface area (Å²) in [6.07, 6.45) is 0. The Kier molecular flexibility index (Phi) is 5.71. The summed E-state index contributed by atoms with van der Waals surface area (Å²) < 4.78 is 4.47. The lowest BCUT2D eigenvalue weighted by Gasteiger charge is -2.14. The molecule has 0 unspecified atom stereocenters. The summed E-state index contributed by atoms with van der Waals surface area (Å²) in [5.41, 5.74) is 10.9. The van der Waals surface area contributed by atoms with Crippen molar-refractivity contribution in [3.8, 4) is 45.5 Å². The van der Waals surface area contributed by atoms with Gasteiger partial charge in [0.15, 0.2) is 0 Å². The number of para-hydroxylation sites is 8. The molecule has 1 N–H and O–H groups in total. The van der Waals surface area contributed by atoms with Gasteiger partial charge in [0, 0.05) is 28.1 Å². The molecule has 0 saturated heterocycles. The van der Waals surface area contributed by atoms with Crippen LogP contribution in [0.1, 0.15) is 0 Å². The first-order chi connectivity index (χ1) is 22.3. The quantitative estimate of drug-likeness (QED) is 0.221. The van der Waals surface area contributed by atoms with E-state index >= 15 is 0 Å². The van der Waals surface area contributed by atoms with E-state index in [9.17, 15) is 0 Å². The Hall–Kier alpha value is -6.27. The molecule has 6 nitrogen and oxygen atoms in total. The van der Waals surface area contributed by atoms with E-state index in [2.05, 4.69) is 123 Å². The Bertz CT molecular complexity index is 2320. The third kappa shape index (κ3) is 4.23. The molecule has 3 aromatic heterocycles. The number of aromatic nitrogens is 6. The third-order valence-corrected chi connectivity index (χ3v) is 8.26. The minimum absolute atomic E-state index is 0.795. The molecule has 9 aromatic rings. The van der Waals surface area contributed by atoms with Gasteiger partial charge in [0.25, 0.3) is 0 Å². The molecule has 6 heteroatoms. The maximum absolute atomic E-state index is 5.20. The summed E-state index contributed by atoms with van der Waals surface area (Å²) in [4.78, 5) is 18.9. The lowest BCUT2D eigenvalue weighted by Crippen LogP contribution is -2.00. The Balaban J connectivity index is 1.36. The fourth-order valence-corrected chi connectivity index (χ4v) is 6.23. The van der Waals surface area contributed by atoms with Gasteiger partial charge in [-0.15, -0.1) is 0 Å². The average Bonchev–Trinajstić information content (AvgIpc) is 3.82. The van der Waals surface area contributed by atoms with Gasteiger partial charge in [-0.1, -0.05) is 72.8 Å². The van der Waals surface area contributed by atoms with Crippen molar-refractivity contribution in [2.75, 3.05) is 0 Å². The Morgan fingerprint density at radius 3 is 1.38 bits per heavy atom. The molecule has 9 rings (SSSR count). The number of hydrogen-bond acceptors (Lipinski definition) is 3. The van der Waals surface area contributed by atoms with Gasteiger partial charge in [-0.2, -0.15) is 0 Å². The zero-order valence-corrected chi connectivity index (χ0v) is 24.2. The molecule has 212 valence electrons. The third-order valence-electron chi connectivity index (χ3n) is 8.26. The predicted octanol–water partition coefficient (Wildman–Crippen LogP) is 9.24. The molecule has 0 spiro atoms. The van der Waals surface area contributed by atoms with Gasteiger partial charge in [-0.25, -0.2) is 15.0 Å². The highest BCUT2D eigenvalue weighted by Crippen LogP contribution is 2.37. The first kappa shape index (κ1) is 25.2. The molecule has 0 atom stereocenters. The van der Waals surface area contributed by atoms with Crippen LogP contribution in [0, 0.1) is 0 Å². The van der Waals surface area contributed by atoms with Crippen molar-refractivity contribution in [1.29, 1.82) is 0 Å². The van der Waals surface area contributed by atoms with Crippen LogP contribution in [0.3, 0.4) is 0 Å². The topological polar surface area (TPSA) is 64.3 Å². The highest BCUT2D eigenvalue weighted by atomic mass is 15.1. The SMILES string of the molecule is c1ccc(-n2c(-c3cc(-c4nc5ccccc5[nH]4)cc(-c4nc5ccccc5n4-c4ccccc4)c3)nc3ccccc32)cc1. The molecule has 0 aliphatic rings.